The van der Waals surface area contributed by atoms with Gasteiger partial charge in [-0.3, -0.25) is 19.2 Å². The lowest BCUT2D eigenvalue weighted by Crippen LogP contribution is -2.48. The van der Waals surface area contributed by atoms with Crippen molar-refractivity contribution in [1.29, 1.82) is 0 Å². The first-order valence-electron chi connectivity index (χ1n) is 20.8. The fourth-order valence-electron chi connectivity index (χ4n) is 7.77. The zero-order valence-electron chi connectivity index (χ0n) is 35.4. The molecule has 12 heteroatoms. The molecule has 0 aromatic carbocycles. The van der Waals surface area contributed by atoms with E-state index in [0.29, 0.717) is 62.9 Å². The number of hydrogen-bond acceptors (Lipinski definition) is 9. The molecule has 12 nitrogen and oxygen atoms in total. The molecule has 7 atom stereocenters. The maximum Gasteiger partial charge on any atom is 0.322 e. The van der Waals surface area contributed by atoms with E-state index in [1.165, 1.54) is 0 Å². The van der Waals surface area contributed by atoms with Crippen molar-refractivity contribution in [2.75, 3.05) is 26.8 Å². The molecule has 55 heavy (non-hydrogen) atoms. The minimum absolute atomic E-state index is 0.153. The summed E-state index contributed by atoms with van der Waals surface area (Å²) in [5.41, 5.74) is 0.338. The second-order valence-electron chi connectivity index (χ2n) is 16.8. The third-order valence-electron chi connectivity index (χ3n) is 10.8. The highest BCUT2D eigenvalue weighted by molar-refractivity contribution is 5.82. The van der Waals surface area contributed by atoms with Crippen molar-refractivity contribution in [3.63, 3.8) is 0 Å². The molecule has 2 aliphatic rings. The highest BCUT2D eigenvalue weighted by Crippen LogP contribution is 2.37. The highest BCUT2D eigenvalue weighted by atomic mass is 16.8. The molecule has 2 saturated heterocycles. The van der Waals surface area contributed by atoms with E-state index >= 15 is 0 Å². The second-order valence-corrected chi connectivity index (χ2v) is 16.8. The first-order valence-corrected chi connectivity index (χ1v) is 20.8. The molecule has 0 unspecified atom stereocenters. The van der Waals surface area contributed by atoms with Crippen molar-refractivity contribution >= 4 is 23.6 Å². The number of allylic oxidation sites excluding steroid dienone is 3. The zero-order valence-corrected chi connectivity index (χ0v) is 35.4. The molecule has 0 bridgehead atoms. The second kappa shape index (κ2) is 24.2. The number of ketones is 1. The zero-order chi connectivity index (χ0) is 41.2. The number of hydrogen-bond donors (Lipinski definition) is 3. The number of carboxylic acids is 1. The predicted molar refractivity (Wildman–Crippen MR) is 213 cm³/mol. The molecule has 2 fully saturated rings. The van der Waals surface area contributed by atoms with Crippen LogP contribution in [0.15, 0.2) is 23.8 Å². The van der Waals surface area contributed by atoms with E-state index in [-0.39, 0.29) is 42.6 Å². The minimum atomic E-state index is -1.05. The van der Waals surface area contributed by atoms with Gasteiger partial charge in [-0.25, -0.2) is 0 Å². The molecule has 316 valence electrons. The van der Waals surface area contributed by atoms with Crippen LogP contribution in [-0.4, -0.2) is 101 Å². The molecule has 0 aliphatic carbocycles. The van der Waals surface area contributed by atoms with E-state index in [0.717, 1.165) is 63.4 Å². The number of carboxylic acid groups (broad SMARTS) is 1. The van der Waals surface area contributed by atoms with Crippen molar-refractivity contribution < 1.29 is 48.3 Å². The Hall–Kier alpha value is -2.64. The molecule has 0 spiro atoms. The Kier molecular flexibility index (Phi) is 21.3. The van der Waals surface area contributed by atoms with Gasteiger partial charge in [-0.15, -0.1) is 0 Å². The summed E-state index contributed by atoms with van der Waals surface area (Å²) in [4.78, 5) is 49.9. The molecule has 0 saturated carbocycles. The molecule has 0 radical (unpaired) electrons. The molecule has 2 aliphatic heterocycles. The average Bonchev–Trinajstić information content (AvgIpc) is 3.58. The summed E-state index contributed by atoms with van der Waals surface area (Å²) in [7, 11) is 1.70. The molecule has 2 amide bonds. The smallest absolute Gasteiger partial charge is 0.322 e. The summed E-state index contributed by atoms with van der Waals surface area (Å²) in [5.74, 6) is -1.54. The van der Waals surface area contributed by atoms with Crippen LogP contribution in [0.4, 0.5) is 0 Å². The number of ether oxygens (including phenoxy) is 4. The van der Waals surface area contributed by atoms with Gasteiger partial charge in [0.05, 0.1) is 24.9 Å². The maximum atomic E-state index is 13.0. The molecule has 0 aromatic heterocycles. The van der Waals surface area contributed by atoms with Crippen LogP contribution in [0.5, 0.6) is 0 Å². The lowest BCUT2D eigenvalue weighted by Gasteiger charge is -2.31. The lowest BCUT2D eigenvalue weighted by atomic mass is 9.91. The quantitative estimate of drug-likeness (QED) is 0.0579. The number of rotatable bonds is 27. The lowest BCUT2D eigenvalue weighted by molar-refractivity contribution is -0.157. The Morgan fingerprint density at radius 1 is 0.945 bits per heavy atom. The number of amides is 2. The standard InChI is InChI=1S/C43H74N2O10/c1-10-16-36(47)41(51)45-28-35(53-42(45,5)6)26-38-37(54-43(7,8)55-38)24-23-33(29-52-9)20-14-18-32(11-2)19-15-22-34(46)21-13-12-17-30(3)25-31(4)40(50)44-27-39(48)49/h14,18,20,30-32,35-38,47H,10-13,15-17,19,21-29H2,1-9H3,(H,44,50)(H,48,49)/b18-14+,33-20-/t30-,31+,32+,35+,36+,37-,38+/m1/s1. The monoisotopic (exact) mass is 779 g/mol. The number of aliphatic hydroxyl groups excluding tert-OH is 1. The fourth-order valence-corrected chi connectivity index (χ4v) is 7.77. The Morgan fingerprint density at radius 2 is 1.64 bits per heavy atom. The molecular formula is C43H74N2O10. The number of nitrogens with one attached hydrogen (secondary N) is 1. The number of Topliss-reactive ketones (excluding diaryl/α,β-unsaturated/α-hetero) is 1. The Morgan fingerprint density at radius 3 is 2.29 bits per heavy atom. The first kappa shape index (κ1) is 48.5. The molecule has 2 rings (SSSR count). The Balaban J connectivity index is 1.80. The summed E-state index contributed by atoms with van der Waals surface area (Å²) in [6, 6.07) is 0. The Labute approximate surface area is 331 Å². The van der Waals surface area contributed by atoms with Crippen LogP contribution >= 0.6 is 0 Å². The van der Waals surface area contributed by atoms with Gasteiger partial charge in [0, 0.05) is 38.8 Å². The van der Waals surface area contributed by atoms with Crippen LogP contribution in [-0.2, 0) is 38.1 Å². The van der Waals surface area contributed by atoms with Crippen molar-refractivity contribution in [3.05, 3.63) is 23.8 Å². The van der Waals surface area contributed by atoms with Gasteiger partial charge in [0.2, 0.25) is 5.91 Å². The van der Waals surface area contributed by atoms with Crippen LogP contribution in [0.2, 0.25) is 0 Å². The van der Waals surface area contributed by atoms with Crippen LogP contribution in [0.1, 0.15) is 145 Å². The van der Waals surface area contributed by atoms with E-state index in [9.17, 15) is 24.3 Å². The number of carbonyl (C=O) groups is 4. The summed E-state index contributed by atoms with van der Waals surface area (Å²) < 4.78 is 24.6. The maximum absolute atomic E-state index is 13.0. The third kappa shape index (κ3) is 18.0. The van der Waals surface area contributed by atoms with Crippen LogP contribution in [0, 0.1) is 17.8 Å². The summed E-state index contributed by atoms with van der Waals surface area (Å²) in [6.07, 6.45) is 15.5. The fraction of sp³-hybridized carbons (Fsp3) is 0.814. The topological polar surface area (TPSA) is 161 Å². The van der Waals surface area contributed by atoms with Crippen molar-refractivity contribution in [1.82, 2.24) is 10.2 Å². The van der Waals surface area contributed by atoms with Gasteiger partial charge in [0.25, 0.3) is 5.91 Å². The van der Waals surface area contributed by atoms with Gasteiger partial charge < -0.3 is 39.4 Å². The van der Waals surface area contributed by atoms with Gasteiger partial charge in [0.1, 0.15) is 24.2 Å². The normalized spacial score (nSPS) is 23.1. The van der Waals surface area contributed by atoms with Crippen LogP contribution in [0.3, 0.4) is 0 Å². The van der Waals surface area contributed by atoms with E-state index in [1.807, 2.05) is 41.5 Å². The first-order chi connectivity index (χ1) is 25.9. The molecule has 2 heterocycles. The number of carbonyl (C=O) groups excluding carboxylic acids is 3. The molecular weight excluding hydrogens is 704 g/mol. The van der Waals surface area contributed by atoms with Crippen LogP contribution < -0.4 is 5.32 Å². The highest BCUT2D eigenvalue weighted by Gasteiger charge is 2.48. The number of methoxy groups -OCH3 is 1. The summed E-state index contributed by atoms with van der Waals surface area (Å²) in [5, 5.41) is 21.6. The molecule has 0 aromatic rings. The van der Waals surface area contributed by atoms with Crippen molar-refractivity contribution in [2.45, 2.75) is 181 Å². The summed E-state index contributed by atoms with van der Waals surface area (Å²) in [6.45, 7) is 16.2. The van der Waals surface area contributed by atoms with E-state index in [1.54, 1.807) is 12.0 Å². The van der Waals surface area contributed by atoms with Gasteiger partial charge in [-0.2, -0.15) is 0 Å². The van der Waals surface area contributed by atoms with Gasteiger partial charge in [-0.05, 0) is 96.5 Å². The number of nitrogens with zero attached hydrogens (tertiary/aromatic N) is 1. The number of aliphatic hydroxyl groups is 1. The van der Waals surface area contributed by atoms with E-state index in [4.69, 9.17) is 24.1 Å². The average molecular weight is 779 g/mol. The Bertz CT molecular complexity index is 1260. The van der Waals surface area contributed by atoms with E-state index in [2.05, 4.69) is 37.4 Å². The molecule has 3 N–H and O–H groups in total. The SMILES string of the molecule is CCC[C@H](O)C(=O)N1C[C@H](C[C@@H]2OC(C)(C)O[C@@H]2CC/C(=C/C=C/[C@H](CC)CCCC(=O)CCCC[C@@H](C)C[C@H](C)C(=O)NCC(=O)O)COC)OC1(C)C. The van der Waals surface area contributed by atoms with Crippen molar-refractivity contribution in [2.24, 2.45) is 17.8 Å². The predicted octanol–water partition coefficient (Wildman–Crippen LogP) is 7.12. The number of unbranched alkanes of at least 4 members (excludes halogenated alkanes) is 1. The van der Waals surface area contributed by atoms with Crippen LogP contribution in [0.25, 0.3) is 0 Å². The van der Waals surface area contributed by atoms with Gasteiger partial charge >= 0.3 is 5.97 Å². The van der Waals surface area contributed by atoms with Gasteiger partial charge in [0.15, 0.2) is 5.79 Å². The van der Waals surface area contributed by atoms with Crippen molar-refractivity contribution in [3.8, 4) is 0 Å². The van der Waals surface area contributed by atoms with E-state index < -0.39 is 23.6 Å². The number of aliphatic carboxylic acids is 1. The van der Waals surface area contributed by atoms with Gasteiger partial charge in [-0.1, -0.05) is 65.2 Å². The summed E-state index contributed by atoms with van der Waals surface area (Å²) >= 11 is 0. The minimum Gasteiger partial charge on any atom is -0.480 e. The third-order valence-corrected chi connectivity index (χ3v) is 10.8. The largest absolute Gasteiger partial charge is 0.480 e.